The van der Waals surface area contributed by atoms with Crippen LogP contribution in [0, 0.1) is 0 Å². The molecule has 1 fully saturated rings. The molecule has 2 rings (SSSR count). The fourth-order valence-electron chi connectivity index (χ4n) is 2.45. The Morgan fingerprint density at radius 2 is 1.84 bits per heavy atom. The number of alkyl carbamates (subject to hydrolysis) is 1. The highest BCUT2D eigenvalue weighted by molar-refractivity contribution is 6.67. The van der Waals surface area contributed by atoms with Crippen molar-refractivity contribution < 1.29 is 33.5 Å². The van der Waals surface area contributed by atoms with Crippen LogP contribution in [0.15, 0.2) is 12.5 Å². The number of imide groups is 1. The lowest BCUT2D eigenvalue weighted by Gasteiger charge is -2.28. The Kier molecular flexibility index (Phi) is 8.32. The van der Waals surface area contributed by atoms with Gasteiger partial charge in [-0.05, 0) is 13.8 Å². The monoisotopic (exact) mass is 511 g/mol. The van der Waals surface area contributed by atoms with Gasteiger partial charge in [-0.25, -0.2) is 14.6 Å². The van der Waals surface area contributed by atoms with Gasteiger partial charge in [-0.3, -0.25) is 14.4 Å². The third-order valence-electron chi connectivity index (χ3n) is 4.07. The first-order chi connectivity index (χ1) is 14.8. The molecule has 1 aliphatic heterocycles. The highest BCUT2D eigenvalue weighted by atomic mass is 35.6. The van der Waals surface area contributed by atoms with Crippen molar-refractivity contribution in [2.45, 2.75) is 48.5 Å². The van der Waals surface area contributed by atoms with Gasteiger partial charge in [-0.15, -0.1) is 5.06 Å². The standard InChI is InChI=1S/C17H20Cl3N5O7/c1-16(2,14(29)32-25-11(26)3-4-12(25)27)24-13(28)10(5-9-6-21-8-22-9)23-15(30)31-7-17(18,19)20/h6,8,10H,3-5,7H2,1-2H3,(H,21,22)(H,23,30)(H,24,28)/t10-/m0/s1. The number of hydrogen-bond acceptors (Lipinski definition) is 8. The van der Waals surface area contributed by atoms with Gasteiger partial charge in [-0.1, -0.05) is 34.8 Å². The van der Waals surface area contributed by atoms with E-state index in [0.717, 1.165) is 0 Å². The molecule has 0 saturated carbocycles. The van der Waals surface area contributed by atoms with E-state index in [1.165, 1.54) is 26.4 Å². The number of nitrogens with one attached hydrogen (secondary N) is 3. The van der Waals surface area contributed by atoms with Crippen LogP contribution < -0.4 is 10.6 Å². The molecule has 1 atom stereocenters. The Labute approximate surface area is 197 Å². The number of nitrogens with zero attached hydrogens (tertiary/aromatic N) is 2. The lowest BCUT2D eigenvalue weighted by molar-refractivity contribution is -0.201. The molecule has 1 aliphatic rings. The van der Waals surface area contributed by atoms with Crippen LogP contribution in [0.5, 0.6) is 0 Å². The molecule has 32 heavy (non-hydrogen) atoms. The molecular formula is C17H20Cl3N5O7. The molecule has 15 heteroatoms. The summed E-state index contributed by atoms with van der Waals surface area (Å²) in [5, 5.41) is 5.07. The van der Waals surface area contributed by atoms with E-state index in [0.29, 0.717) is 10.8 Å². The second-order valence-electron chi connectivity index (χ2n) is 7.23. The molecule has 0 aromatic carbocycles. The van der Waals surface area contributed by atoms with Gasteiger partial charge in [0, 0.05) is 25.5 Å². The quantitative estimate of drug-likeness (QED) is 0.342. The second-order valence-corrected chi connectivity index (χ2v) is 9.74. The Bertz CT molecular complexity index is 870. The molecule has 2 heterocycles. The Hall–Kier alpha value is -2.57. The lowest BCUT2D eigenvalue weighted by Crippen LogP contribution is -2.58. The Balaban J connectivity index is 2.06. The van der Waals surface area contributed by atoms with Crippen LogP contribution >= 0.6 is 34.8 Å². The number of rotatable bonds is 8. The van der Waals surface area contributed by atoms with E-state index in [1.54, 1.807) is 0 Å². The normalized spacial score (nSPS) is 15.3. The molecule has 1 aromatic heterocycles. The molecule has 0 unspecified atom stereocenters. The van der Waals surface area contributed by atoms with E-state index in [4.69, 9.17) is 44.4 Å². The van der Waals surface area contributed by atoms with Crippen molar-refractivity contribution in [1.29, 1.82) is 0 Å². The molecular weight excluding hydrogens is 493 g/mol. The zero-order valence-electron chi connectivity index (χ0n) is 16.9. The number of hydroxylamine groups is 2. The number of amides is 4. The minimum atomic E-state index is -1.85. The highest BCUT2D eigenvalue weighted by Crippen LogP contribution is 2.25. The molecule has 12 nitrogen and oxygen atoms in total. The van der Waals surface area contributed by atoms with E-state index >= 15 is 0 Å². The van der Waals surface area contributed by atoms with E-state index in [9.17, 15) is 24.0 Å². The molecule has 0 bridgehead atoms. The number of hydrogen-bond donors (Lipinski definition) is 3. The summed E-state index contributed by atoms with van der Waals surface area (Å²) in [7, 11) is 0. The van der Waals surface area contributed by atoms with E-state index in [2.05, 4.69) is 20.6 Å². The van der Waals surface area contributed by atoms with Crippen molar-refractivity contribution in [2.24, 2.45) is 0 Å². The third-order valence-corrected chi connectivity index (χ3v) is 4.40. The average Bonchev–Trinajstić information content (AvgIpc) is 3.30. The van der Waals surface area contributed by atoms with Crippen LogP contribution in [0.1, 0.15) is 32.4 Å². The number of aromatic nitrogens is 2. The fraction of sp³-hybridized carbons (Fsp3) is 0.529. The highest BCUT2D eigenvalue weighted by Gasteiger charge is 2.40. The first-order valence-electron chi connectivity index (χ1n) is 9.16. The molecule has 176 valence electrons. The minimum Gasteiger partial charge on any atom is -0.445 e. The van der Waals surface area contributed by atoms with Crippen molar-refractivity contribution in [2.75, 3.05) is 6.61 Å². The maximum Gasteiger partial charge on any atom is 0.407 e. The largest absolute Gasteiger partial charge is 0.445 e. The predicted octanol–water partition coefficient (Wildman–Crippen LogP) is 0.919. The van der Waals surface area contributed by atoms with Crippen molar-refractivity contribution in [3.05, 3.63) is 18.2 Å². The van der Waals surface area contributed by atoms with Gasteiger partial charge >= 0.3 is 12.1 Å². The molecule has 3 N–H and O–H groups in total. The first kappa shape index (κ1) is 25.7. The lowest BCUT2D eigenvalue weighted by atomic mass is 10.0. The zero-order chi connectivity index (χ0) is 24.1. The van der Waals surface area contributed by atoms with Crippen LogP contribution in [0.3, 0.4) is 0 Å². The number of ether oxygens (including phenoxy) is 1. The average molecular weight is 513 g/mol. The van der Waals surface area contributed by atoms with Gasteiger partial charge in [-0.2, -0.15) is 0 Å². The van der Waals surface area contributed by atoms with Crippen molar-refractivity contribution in [1.82, 2.24) is 25.7 Å². The number of H-pyrrole nitrogens is 1. The molecule has 0 spiro atoms. The summed E-state index contributed by atoms with van der Waals surface area (Å²) < 4.78 is 2.92. The minimum absolute atomic E-state index is 0.0770. The van der Waals surface area contributed by atoms with Gasteiger partial charge < -0.3 is 25.2 Å². The molecule has 0 aliphatic carbocycles. The maximum absolute atomic E-state index is 12.8. The van der Waals surface area contributed by atoms with Crippen LogP contribution in [0.2, 0.25) is 0 Å². The molecule has 0 radical (unpaired) electrons. The number of aromatic amines is 1. The van der Waals surface area contributed by atoms with Crippen LogP contribution in [0.4, 0.5) is 4.79 Å². The van der Waals surface area contributed by atoms with Gasteiger partial charge in [0.15, 0.2) is 0 Å². The molecule has 4 amide bonds. The van der Waals surface area contributed by atoms with Crippen LogP contribution in [-0.2, 0) is 35.2 Å². The van der Waals surface area contributed by atoms with E-state index < -0.39 is 51.8 Å². The van der Waals surface area contributed by atoms with Crippen LogP contribution in [0.25, 0.3) is 0 Å². The number of alkyl halides is 3. The predicted molar refractivity (Wildman–Crippen MR) is 110 cm³/mol. The zero-order valence-corrected chi connectivity index (χ0v) is 19.2. The molecule has 1 saturated heterocycles. The first-order valence-corrected chi connectivity index (χ1v) is 10.3. The Morgan fingerprint density at radius 3 is 2.38 bits per heavy atom. The summed E-state index contributed by atoms with van der Waals surface area (Å²) in [5.74, 6) is -3.20. The summed E-state index contributed by atoms with van der Waals surface area (Å²) in [6.07, 6.45) is 1.58. The fourth-order valence-corrected chi connectivity index (χ4v) is 2.62. The summed E-state index contributed by atoms with van der Waals surface area (Å²) in [6.45, 7) is 2.02. The summed E-state index contributed by atoms with van der Waals surface area (Å²) in [5.41, 5.74) is -1.26. The number of halogens is 3. The van der Waals surface area contributed by atoms with E-state index in [-0.39, 0.29) is 19.3 Å². The number of carbonyl (C=O) groups is 5. The summed E-state index contributed by atoms with van der Waals surface area (Å²) in [4.78, 5) is 72.2. The SMILES string of the molecule is CC(C)(NC(=O)[C@H](Cc1c[nH]cn1)NC(=O)OCC(Cl)(Cl)Cl)C(=O)ON1C(=O)CCC1=O. The van der Waals surface area contributed by atoms with Crippen molar-refractivity contribution in [3.8, 4) is 0 Å². The third kappa shape index (κ3) is 7.53. The van der Waals surface area contributed by atoms with Gasteiger partial charge in [0.25, 0.3) is 11.8 Å². The van der Waals surface area contributed by atoms with E-state index in [1.807, 2.05) is 0 Å². The van der Waals surface area contributed by atoms with Gasteiger partial charge in [0.05, 0.1) is 12.0 Å². The maximum atomic E-state index is 12.8. The Morgan fingerprint density at radius 1 is 1.22 bits per heavy atom. The van der Waals surface area contributed by atoms with Crippen molar-refractivity contribution >= 4 is 64.6 Å². The van der Waals surface area contributed by atoms with Gasteiger partial charge in [0.2, 0.25) is 9.70 Å². The van der Waals surface area contributed by atoms with Gasteiger partial charge in [0.1, 0.15) is 18.2 Å². The number of carbonyl (C=O) groups excluding carboxylic acids is 5. The number of imidazole rings is 1. The van der Waals surface area contributed by atoms with Crippen molar-refractivity contribution in [3.63, 3.8) is 0 Å². The summed E-state index contributed by atoms with van der Waals surface area (Å²) in [6, 6.07) is -1.25. The summed E-state index contributed by atoms with van der Waals surface area (Å²) >= 11 is 16.6. The smallest absolute Gasteiger partial charge is 0.407 e. The van der Waals surface area contributed by atoms with Crippen LogP contribution in [-0.4, -0.2) is 66.8 Å². The second kappa shape index (κ2) is 10.4. The topological polar surface area (TPSA) is 160 Å². The molecule has 1 aromatic rings.